The molecule has 0 spiro atoms. The van der Waals surface area contributed by atoms with Crippen LogP contribution in [0, 0.1) is 0 Å². The van der Waals surface area contributed by atoms with Crippen LogP contribution in [0.5, 0.6) is 11.5 Å². The Kier molecular flexibility index (Phi) is 14.1. The molecule has 1 N–H and O–H groups in total. The molecule has 0 aliphatic heterocycles. The predicted octanol–water partition coefficient (Wildman–Crippen LogP) is 4.33. The molecule has 11 heteroatoms. The lowest BCUT2D eigenvalue weighted by atomic mass is 10.0. The standard InChI is InChI=1S/C26H39NO10/c1-8-16(4)34-25(30)36-21-12-11-19(14-22(21)37-26(31)35-17(5)9-2)13-20(24(29)32-7)27-15-18(6)33-23(28)10-3/h11-12,14,16-18,20,27H,8-10,13,15H2,1-7H3/t16?,17?,18?,20-/m0/s1. The maximum atomic E-state index is 12.4. The molecule has 0 radical (unpaired) electrons. The Balaban J connectivity index is 3.11. The third kappa shape index (κ3) is 12.0. The molecule has 208 valence electrons. The van der Waals surface area contributed by atoms with Gasteiger partial charge in [-0.2, -0.15) is 0 Å². The van der Waals surface area contributed by atoms with E-state index >= 15 is 0 Å². The second kappa shape index (κ2) is 16.4. The maximum absolute atomic E-state index is 12.4. The van der Waals surface area contributed by atoms with E-state index < -0.39 is 30.4 Å². The van der Waals surface area contributed by atoms with Crippen molar-refractivity contribution < 1.29 is 47.6 Å². The van der Waals surface area contributed by atoms with Crippen LogP contribution in [0.15, 0.2) is 18.2 Å². The average Bonchev–Trinajstić information content (AvgIpc) is 2.86. The van der Waals surface area contributed by atoms with Crippen molar-refractivity contribution in [1.29, 1.82) is 0 Å². The molecule has 11 nitrogen and oxygen atoms in total. The molecule has 1 aromatic rings. The van der Waals surface area contributed by atoms with Crippen molar-refractivity contribution in [3.63, 3.8) is 0 Å². The lowest BCUT2D eigenvalue weighted by Gasteiger charge is -2.20. The highest BCUT2D eigenvalue weighted by Gasteiger charge is 2.23. The van der Waals surface area contributed by atoms with Gasteiger partial charge in [0.05, 0.1) is 7.11 Å². The first-order valence-corrected chi connectivity index (χ1v) is 12.4. The van der Waals surface area contributed by atoms with Gasteiger partial charge in [-0.1, -0.05) is 26.8 Å². The number of ether oxygens (including phenoxy) is 6. The highest BCUT2D eigenvalue weighted by atomic mass is 16.7. The molecule has 0 aromatic heterocycles. The monoisotopic (exact) mass is 525 g/mol. The average molecular weight is 526 g/mol. The third-order valence-corrected chi connectivity index (χ3v) is 5.34. The summed E-state index contributed by atoms with van der Waals surface area (Å²) in [5.74, 6) is -1.02. The topological polar surface area (TPSA) is 136 Å². The summed E-state index contributed by atoms with van der Waals surface area (Å²) in [5.41, 5.74) is 0.565. The fraction of sp³-hybridized carbons (Fsp3) is 0.615. The van der Waals surface area contributed by atoms with E-state index in [-0.39, 0.29) is 49.1 Å². The van der Waals surface area contributed by atoms with Crippen LogP contribution in [0.2, 0.25) is 0 Å². The number of hydrogen-bond acceptors (Lipinski definition) is 11. The summed E-state index contributed by atoms with van der Waals surface area (Å²) in [5, 5.41) is 3.03. The van der Waals surface area contributed by atoms with Gasteiger partial charge in [-0.15, -0.1) is 0 Å². The number of carbonyl (C=O) groups is 4. The zero-order chi connectivity index (χ0) is 28.0. The zero-order valence-electron chi connectivity index (χ0n) is 22.7. The van der Waals surface area contributed by atoms with Crippen molar-refractivity contribution in [2.75, 3.05) is 13.7 Å². The van der Waals surface area contributed by atoms with Gasteiger partial charge in [-0.25, -0.2) is 9.59 Å². The molecule has 0 heterocycles. The number of carbonyl (C=O) groups excluding carboxylic acids is 4. The van der Waals surface area contributed by atoms with Crippen LogP contribution in [0.25, 0.3) is 0 Å². The first kappa shape index (κ1) is 31.7. The summed E-state index contributed by atoms with van der Waals surface area (Å²) in [7, 11) is 1.26. The Hall–Kier alpha value is -3.34. The van der Waals surface area contributed by atoms with Crippen LogP contribution in [0.1, 0.15) is 66.4 Å². The van der Waals surface area contributed by atoms with Crippen molar-refractivity contribution in [3.05, 3.63) is 23.8 Å². The number of esters is 2. The van der Waals surface area contributed by atoms with Crippen molar-refractivity contribution in [3.8, 4) is 11.5 Å². The minimum Gasteiger partial charge on any atom is -0.468 e. The minimum absolute atomic E-state index is 0.0548. The Labute approximate surface area is 218 Å². The van der Waals surface area contributed by atoms with Crippen LogP contribution in [-0.2, 0) is 35.0 Å². The minimum atomic E-state index is -0.971. The highest BCUT2D eigenvalue weighted by Crippen LogP contribution is 2.30. The van der Waals surface area contributed by atoms with Gasteiger partial charge in [0.2, 0.25) is 0 Å². The van der Waals surface area contributed by atoms with E-state index in [0.717, 1.165) is 0 Å². The molecule has 0 amide bonds. The van der Waals surface area contributed by atoms with E-state index in [1.165, 1.54) is 19.2 Å². The normalized spacial score (nSPS) is 13.9. The summed E-state index contributed by atoms with van der Waals surface area (Å²) in [6.07, 6.45) is -1.59. The van der Waals surface area contributed by atoms with Crippen LogP contribution in [0.3, 0.4) is 0 Å². The highest BCUT2D eigenvalue weighted by molar-refractivity contribution is 5.76. The number of hydrogen-bond donors (Lipinski definition) is 1. The van der Waals surface area contributed by atoms with Gasteiger partial charge < -0.3 is 33.7 Å². The Morgan fingerprint density at radius 1 is 0.811 bits per heavy atom. The molecular formula is C26H39NO10. The van der Waals surface area contributed by atoms with Gasteiger partial charge in [-0.05, 0) is 57.7 Å². The van der Waals surface area contributed by atoms with Gasteiger partial charge >= 0.3 is 24.2 Å². The van der Waals surface area contributed by atoms with E-state index in [2.05, 4.69) is 5.32 Å². The van der Waals surface area contributed by atoms with E-state index in [0.29, 0.717) is 18.4 Å². The van der Waals surface area contributed by atoms with E-state index in [1.807, 2.05) is 13.8 Å². The first-order valence-electron chi connectivity index (χ1n) is 12.4. The van der Waals surface area contributed by atoms with Crippen molar-refractivity contribution >= 4 is 24.2 Å². The fourth-order valence-electron chi connectivity index (χ4n) is 2.84. The second-order valence-corrected chi connectivity index (χ2v) is 8.50. The Morgan fingerprint density at radius 2 is 1.38 bits per heavy atom. The molecular weight excluding hydrogens is 486 g/mol. The van der Waals surface area contributed by atoms with E-state index in [9.17, 15) is 19.2 Å². The summed E-state index contributed by atoms with van der Waals surface area (Å²) < 4.78 is 31.0. The summed E-state index contributed by atoms with van der Waals surface area (Å²) in [6.45, 7) is 10.7. The molecule has 3 unspecified atom stereocenters. The zero-order valence-corrected chi connectivity index (χ0v) is 22.7. The van der Waals surface area contributed by atoms with Crippen molar-refractivity contribution in [2.24, 2.45) is 0 Å². The second-order valence-electron chi connectivity index (χ2n) is 8.50. The quantitative estimate of drug-likeness (QED) is 0.211. The molecule has 1 aromatic carbocycles. The summed E-state index contributed by atoms with van der Waals surface area (Å²) >= 11 is 0. The predicted molar refractivity (Wildman–Crippen MR) is 134 cm³/mol. The van der Waals surface area contributed by atoms with E-state index in [4.69, 9.17) is 28.4 Å². The summed E-state index contributed by atoms with van der Waals surface area (Å²) in [6, 6.07) is 3.70. The van der Waals surface area contributed by atoms with Crippen molar-refractivity contribution in [2.45, 2.75) is 91.6 Å². The van der Waals surface area contributed by atoms with Crippen molar-refractivity contribution in [1.82, 2.24) is 5.32 Å². The lowest BCUT2D eigenvalue weighted by molar-refractivity contribution is -0.147. The molecule has 0 saturated heterocycles. The van der Waals surface area contributed by atoms with Gasteiger partial charge in [0, 0.05) is 13.0 Å². The number of methoxy groups -OCH3 is 1. The summed E-state index contributed by atoms with van der Waals surface area (Å²) in [4.78, 5) is 48.3. The number of nitrogens with one attached hydrogen (secondary N) is 1. The number of benzene rings is 1. The number of rotatable bonds is 14. The molecule has 0 aliphatic carbocycles. The fourth-order valence-corrected chi connectivity index (χ4v) is 2.84. The van der Waals surface area contributed by atoms with E-state index in [1.54, 1.807) is 33.8 Å². The smallest absolute Gasteiger partial charge is 0.468 e. The maximum Gasteiger partial charge on any atom is 0.514 e. The third-order valence-electron chi connectivity index (χ3n) is 5.34. The first-order chi connectivity index (χ1) is 17.5. The van der Waals surface area contributed by atoms with Crippen LogP contribution < -0.4 is 14.8 Å². The molecule has 4 atom stereocenters. The van der Waals surface area contributed by atoms with Gasteiger partial charge in [0.1, 0.15) is 24.4 Å². The van der Waals surface area contributed by atoms with Gasteiger partial charge in [0.15, 0.2) is 11.5 Å². The van der Waals surface area contributed by atoms with Gasteiger partial charge in [0.25, 0.3) is 0 Å². The van der Waals surface area contributed by atoms with Crippen LogP contribution in [-0.4, -0.2) is 62.3 Å². The molecule has 0 bridgehead atoms. The van der Waals surface area contributed by atoms with Gasteiger partial charge in [-0.3, -0.25) is 9.59 Å². The molecule has 1 rings (SSSR count). The largest absolute Gasteiger partial charge is 0.514 e. The molecule has 0 saturated carbocycles. The Bertz CT molecular complexity index is 903. The molecule has 0 fully saturated rings. The van der Waals surface area contributed by atoms with Crippen LogP contribution >= 0.6 is 0 Å². The molecule has 0 aliphatic rings. The Morgan fingerprint density at radius 3 is 1.89 bits per heavy atom. The lowest BCUT2D eigenvalue weighted by Crippen LogP contribution is -2.43. The van der Waals surface area contributed by atoms with Crippen LogP contribution in [0.4, 0.5) is 9.59 Å². The molecule has 37 heavy (non-hydrogen) atoms. The SMILES string of the molecule is CCC(=O)OC(C)CN[C@@H](Cc1ccc(OC(=O)OC(C)CC)c(OC(=O)OC(C)CC)c1)C(=O)OC.